The molecule has 1 unspecified atom stereocenters. The summed E-state index contributed by atoms with van der Waals surface area (Å²) < 4.78 is 17.5. The minimum absolute atomic E-state index is 0.0834. The highest BCUT2D eigenvalue weighted by Gasteiger charge is 2.26. The van der Waals surface area contributed by atoms with Crippen LogP contribution in [0.5, 0.6) is 17.2 Å². The van der Waals surface area contributed by atoms with Crippen LogP contribution in [-0.2, 0) is 6.42 Å². The smallest absolute Gasteiger partial charge is 0.166 e. The number of likely N-dealkylation sites (N-methyl/N-ethyl adjacent to an activating group) is 1. The molecule has 5 heteroatoms. The minimum Gasteiger partial charge on any atom is -0.493 e. The Balaban J connectivity index is 1.81. The van der Waals surface area contributed by atoms with E-state index >= 15 is 0 Å². The predicted molar refractivity (Wildman–Crippen MR) is 117 cm³/mol. The molecule has 1 aliphatic heterocycles. The van der Waals surface area contributed by atoms with Gasteiger partial charge >= 0.3 is 0 Å². The summed E-state index contributed by atoms with van der Waals surface area (Å²) >= 11 is 0. The molecule has 158 valence electrons. The van der Waals surface area contributed by atoms with E-state index in [1.54, 1.807) is 7.11 Å². The van der Waals surface area contributed by atoms with Crippen LogP contribution >= 0.6 is 0 Å². The fourth-order valence-corrected chi connectivity index (χ4v) is 3.96. The number of benzene rings is 2. The van der Waals surface area contributed by atoms with E-state index in [1.807, 2.05) is 19.1 Å². The number of hydrogen-bond donors (Lipinski definition) is 1. The Kier molecular flexibility index (Phi) is 7.78. The molecule has 0 radical (unpaired) electrons. The summed E-state index contributed by atoms with van der Waals surface area (Å²) in [4.78, 5) is 2.37. The molecule has 0 aliphatic carbocycles. The van der Waals surface area contributed by atoms with Crippen LogP contribution in [0.25, 0.3) is 0 Å². The molecule has 0 bridgehead atoms. The van der Waals surface area contributed by atoms with Crippen LogP contribution in [0.4, 0.5) is 0 Å². The van der Waals surface area contributed by atoms with Crippen LogP contribution in [0.15, 0.2) is 36.4 Å². The van der Waals surface area contributed by atoms with E-state index in [4.69, 9.17) is 14.2 Å². The van der Waals surface area contributed by atoms with Crippen molar-refractivity contribution >= 4 is 0 Å². The quantitative estimate of drug-likeness (QED) is 0.654. The topological polar surface area (TPSA) is 43.0 Å². The molecule has 0 amide bonds. The molecule has 0 aromatic heterocycles. The lowest BCUT2D eigenvalue weighted by Crippen LogP contribution is -2.31. The van der Waals surface area contributed by atoms with Gasteiger partial charge in [-0.3, -0.25) is 0 Å². The lowest BCUT2D eigenvalue weighted by molar-refractivity contribution is 0.222. The maximum Gasteiger partial charge on any atom is 0.166 e. The van der Waals surface area contributed by atoms with Crippen LogP contribution in [-0.4, -0.2) is 51.4 Å². The lowest BCUT2D eigenvalue weighted by Gasteiger charge is -2.29. The van der Waals surface area contributed by atoms with Gasteiger partial charge in [-0.2, -0.15) is 0 Å². The predicted octanol–water partition coefficient (Wildman–Crippen LogP) is 4.05. The zero-order valence-electron chi connectivity index (χ0n) is 18.2. The summed E-state index contributed by atoms with van der Waals surface area (Å²) in [6, 6.07) is 12.7. The molecule has 0 saturated carbocycles. The van der Waals surface area contributed by atoms with Crippen LogP contribution in [0.3, 0.4) is 0 Å². The molecule has 1 N–H and O–H groups in total. The zero-order valence-corrected chi connectivity index (χ0v) is 18.2. The third kappa shape index (κ3) is 5.03. The van der Waals surface area contributed by atoms with E-state index in [-0.39, 0.29) is 6.04 Å². The number of nitrogens with one attached hydrogen (secondary N) is 1. The fourth-order valence-electron chi connectivity index (χ4n) is 3.96. The number of hydrogen-bond acceptors (Lipinski definition) is 5. The van der Waals surface area contributed by atoms with Crippen molar-refractivity contribution in [1.29, 1.82) is 0 Å². The number of ether oxygens (including phenoxy) is 3. The average Bonchev–Trinajstić information content (AvgIpc) is 2.76. The first-order chi connectivity index (χ1) is 14.2. The van der Waals surface area contributed by atoms with Crippen LogP contribution < -0.4 is 19.5 Å². The van der Waals surface area contributed by atoms with E-state index in [9.17, 15) is 0 Å². The van der Waals surface area contributed by atoms with Gasteiger partial charge < -0.3 is 24.4 Å². The molecular weight excluding hydrogens is 364 g/mol. The van der Waals surface area contributed by atoms with E-state index in [0.29, 0.717) is 13.2 Å². The van der Waals surface area contributed by atoms with E-state index in [1.165, 1.54) is 11.1 Å². The largest absolute Gasteiger partial charge is 0.493 e. The van der Waals surface area contributed by atoms with Crippen molar-refractivity contribution in [2.75, 3.05) is 46.5 Å². The van der Waals surface area contributed by atoms with Gasteiger partial charge in [0.2, 0.25) is 0 Å². The summed E-state index contributed by atoms with van der Waals surface area (Å²) in [6.45, 7) is 11.7. The summed E-state index contributed by atoms with van der Waals surface area (Å²) in [5.41, 5.74) is 3.73. The summed E-state index contributed by atoms with van der Waals surface area (Å²) in [7, 11) is 1.69. The van der Waals surface area contributed by atoms with Crippen molar-refractivity contribution in [2.24, 2.45) is 0 Å². The third-order valence-corrected chi connectivity index (χ3v) is 5.57. The van der Waals surface area contributed by atoms with E-state index < -0.39 is 0 Å². The van der Waals surface area contributed by atoms with Crippen molar-refractivity contribution in [3.05, 3.63) is 53.1 Å². The number of methoxy groups -OCH3 is 1. The highest BCUT2D eigenvalue weighted by Crippen LogP contribution is 2.40. The monoisotopic (exact) mass is 398 g/mol. The fraction of sp³-hybridized carbons (Fsp3) is 0.500. The molecule has 29 heavy (non-hydrogen) atoms. The van der Waals surface area contributed by atoms with Gasteiger partial charge in [0.05, 0.1) is 19.8 Å². The molecule has 3 rings (SSSR count). The van der Waals surface area contributed by atoms with E-state index in [2.05, 4.69) is 48.3 Å². The van der Waals surface area contributed by atoms with Crippen molar-refractivity contribution in [3.63, 3.8) is 0 Å². The number of rotatable bonds is 10. The molecule has 2 aromatic rings. The summed E-state index contributed by atoms with van der Waals surface area (Å²) in [6.07, 6.45) is 0.993. The van der Waals surface area contributed by atoms with Crippen LogP contribution in [0, 0.1) is 0 Å². The Morgan fingerprint density at radius 2 is 1.86 bits per heavy atom. The van der Waals surface area contributed by atoms with Crippen molar-refractivity contribution < 1.29 is 14.2 Å². The molecule has 0 saturated heterocycles. The van der Waals surface area contributed by atoms with Gasteiger partial charge in [-0.05, 0) is 55.8 Å². The highest BCUT2D eigenvalue weighted by molar-refractivity contribution is 5.53. The van der Waals surface area contributed by atoms with Gasteiger partial charge in [0.1, 0.15) is 12.4 Å². The Morgan fingerprint density at radius 3 is 2.59 bits per heavy atom. The maximum atomic E-state index is 6.04. The summed E-state index contributed by atoms with van der Waals surface area (Å²) in [5, 5.41) is 3.65. The van der Waals surface area contributed by atoms with Gasteiger partial charge in [0.15, 0.2) is 11.5 Å². The molecule has 5 nitrogen and oxygen atoms in total. The van der Waals surface area contributed by atoms with Crippen molar-refractivity contribution in [3.8, 4) is 17.2 Å². The second-order valence-corrected chi connectivity index (χ2v) is 7.18. The highest BCUT2D eigenvalue weighted by atomic mass is 16.5. The van der Waals surface area contributed by atoms with E-state index in [0.717, 1.165) is 55.4 Å². The van der Waals surface area contributed by atoms with Crippen molar-refractivity contribution in [2.45, 2.75) is 33.2 Å². The first-order valence-corrected chi connectivity index (χ1v) is 10.7. The molecular formula is C24H34N2O3. The number of para-hydroxylation sites is 1. The summed E-state index contributed by atoms with van der Waals surface area (Å²) in [5.74, 6) is 2.55. The van der Waals surface area contributed by atoms with Gasteiger partial charge in [0, 0.05) is 18.7 Å². The van der Waals surface area contributed by atoms with Crippen LogP contribution in [0.2, 0.25) is 0 Å². The van der Waals surface area contributed by atoms with Gasteiger partial charge in [0.25, 0.3) is 0 Å². The molecule has 0 spiro atoms. The molecule has 1 aliphatic rings. The van der Waals surface area contributed by atoms with Crippen LogP contribution in [0.1, 0.15) is 43.5 Å². The van der Waals surface area contributed by atoms with Crippen molar-refractivity contribution in [1.82, 2.24) is 10.2 Å². The standard InChI is InChI=1S/C24H34N2O3/c1-5-26(6-2)15-16-29-19-11-12-20-18(17-19)13-14-25-23(20)21-9-8-10-22(27-4)24(21)28-7-3/h8-12,17,23,25H,5-7,13-16H2,1-4H3. The lowest BCUT2D eigenvalue weighted by atomic mass is 9.89. The molecule has 2 aromatic carbocycles. The molecule has 1 atom stereocenters. The first kappa shape index (κ1) is 21.5. The second-order valence-electron chi connectivity index (χ2n) is 7.18. The van der Waals surface area contributed by atoms with Gasteiger partial charge in [-0.25, -0.2) is 0 Å². The maximum absolute atomic E-state index is 6.04. The Bertz CT molecular complexity index is 790. The van der Waals surface area contributed by atoms with Gasteiger partial charge in [-0.1, -0.05) is 32.0 Å². The second kappa shape index (κ2) is 10.5. The Morgan fingerprint density at radius 1 is 1.03 bits per heavy atom. The number of nitrogens with zero attached hydrogens (tertiary/aromatic N) is 1. The zero-order chi connectivity index (χ0) is 20.6. The normalized spacial score (nSPS) is 15.8. The Labute approximate surface area is 175 Å². The SMILES string of the molecule is CCOc1c(OC)cccc1C1NCCc2cc(OCCN(CC)CC)ccc21. The molecule has 0 fully saturated rings. The Hall–Kier alpha value is -2.24. The minimum atomic E-state index is 0.0834. The molecule has 1 heterocycles. The van der Waals surface area contributed by atoms with Gasteiger partial charge in [-0.15, -0.1) is 0 Å². The average molecular weight is 399 g/mol. The third-order valence-electron chi connectivity index (χ3n) is 5.57. The first-order valence-electron chi connectivity index (χ1n) is 10.7. The number of fused-ring (bicyclic) bond motifs is 1.